The summed E-state index contributed by atoms with van der Waals surface area (Å²) < 4.78 is 22.6. The molecule has 3 heterocycles. The van der Waals surface area contributed by atoms with Gasteiger partial charge in [0, 0.05) is 19.0 Å². The number of benzene rings is 1. The highest BCUT2D eigenvalue weighted by molar-refractivity contribution is 6.32. The van der Waals surface area contributed by atoms with Gasteiger partial charge in [0.2, 0.25) is 5.88 Å². The van der Waals surface area contributed by atoms with Gasteiger partial charge in [-0.3, -0.25) is 4.79 Å². The maximum Gasteiger partial charge on any atom is 0.253 e. The lowest BCUT2D eigenvalue weighted by Crippen LogP contribution is -2.40. The third-order valence-electron chi connectivity index (χ3n) is 4.57. The highest BCUT2D eigenvalue weighted by Crippen LogP contribution is 2.30. The molecular formula is C20H21ClN2O5. The second kappa shape index (κ2) is 8.67. The molecule has 1 aromatic heterocycles. The number of hydrogen-bond donors (Lipinski definition) is 1. The molecule has 0 spiro atoms. The second-order valence-corrected chi connectivity index (χ2v) is 7.06. The summed E-state index contributed by atoms with van der Waals surface area (Å²) in [5.41, 5.74) is 0.362. The Morgan fingerprint density at radius 1 is 1.25 bits per heavy atom. The Labute approximate surface area is 167 Å². The van der Waals surface area contributed by atoms with Crippen molar-refractivity contribution in [1.29, 1.82) is 0 Å². The quantitative estimate of drug-likeness (QED) is 0.825. The number of nitrogens with zero attached hydrogens (tertiary/aromatic N) is 1. The number of ether oxygens (including phenoxy) is 4. The molecule has 1 fully saturated rings. The van der Waals surface area contributed by atoms with Crippen LogP contribution < -0.4 is 19.5 Å². The zero-order valence-electron chi connectivity index (χ0n) is 15.2. The molecule has 0 radical (unpaired) electrons. The molecule has 4 rings (SSSR count). The van der Waals surface area contributed by atoms with E-state index in [9.17, 15) is 4.79 Å². The third kappa shape index (κ3) is 4.48. The molecule has 1 amide bonds. The monoisotopic (exact) mass is 404 g/mol. The number of amides is 1. The van der Waals surface area contributed by atoms with E-state index in [1.807, 2.05) is 24.3 Å². The van der Waals surface area contributed by atoms with Crippen molar-refractivity contribution < 1.29 is 23.7 Å². The Morgan fingerprint density at radius 2 is 2.04 bits per heavy atom. The SMILES string of the molecule is O=C(NCC1COc2ccccc2O1)c1cnc(OC2CCOCC2)c(Cl)c1. The standard InChI is InChI=1S/C20H21ClN2O5/c21-16-9-13(10-23-20(16)28-14-5-7-25-8-6-14)19(24)22-11-15-12-26-17-3-1-2-4-18(17)27-15/h1-4,9-10,14-15H,5-8,11-12H2,(H,22,24). The topological polar surface area (TPSA) is 78.9 Å². The van der Waals surface area contributed by atoms with Crippen LogP contribution in [0, 0.1) is 0 Å². The number of rotatable bonds is 5. The number of aromatic nitrogens is 1. The summed E-state index contributed by atoms with van der Waals surface area (Å²) in [7, 11) is 0. The minimum atomic E-state index is -0.283. The molecule has 2 aliphatic heterocycles. The fourth-order valence-electron chi connectivity index (χ4n) is 3.06. The molecular weight excluding hydrogens is 384 g/mol. The number of nitrogens with one attached hydrogen (secondary N) is 1. The van der Waals surface area contributed by atoms with E-state index in [0.717, 1.165) is 12.8 Å². The summed E-state index contributed by atoms with van der Waals surface area (Å²) in [5.74, 6) is 1.44. The van der Waals surface area contributed by atoms with Crippen molar-refractivity contribution in [3.63, 3.8) is 0 Å². The lowest BCUT2D eigenvalue weighted by molar-refractivity contribution is 0.0238. The molecule has 2 aliphatic rings. The number of carbonyl (C=O) groups excluding carboxylic acids is 1. The van der Waals surface area contributed by atoms with E-state index in [1.165, 1.54) is 6.20 Å². The minimum Gasteiger partial charge on any atom is -0.486 e. The average Bonchev–Trinajstić information content (AvgIpc) is 2.74. The average molecular weight is 405 g/mol. The van der Waals surface area contributed by atoms with Gasteiger partial charge in [-0.1, -0.05) is 23.7 Å². The largest absolute Gasteiger partial charge is 0.486 e. The van der Waals surface area contributed by atoms with E-state index < -0.39 is 0 Å². The van der Waals surface area contributed by atoms with Crippen molar-refractivity contribution in [2.24, 2.45) is 0 Å². The van der Waals surface area contributed by atoms with Gasteiger partial charge in [0.05, 0.1) is 25.3 Å². The fourth-order valence-corrected chi connectivity index (χ4v) is 3.27. The van der Waals surface area contributed by atoms with E-state index in [1.54, 1.807) is 6.07 Å². The van der Waals surface area contributed by atoms with Crippen molar-refractivity contribution >= 4 is 17.5 Å². The lowest BCUT2D eigenvalue weighted by atomic mass is 10.1. The number of fused-ring (bicyclic) bond motifs is 1. The first-order valence-corrected chi connectivity index (χ1v) is 9.63. The van der Waals surface area contributed by atoms with Crippen LogP contribution in [0.1, 0.15) is 23.2 Å². The molecule has 1 saturated heterocycles. The van der Waals surface area contributed by atoms with E-state index in [2.05, 4.69) is 10.3 Å². The lowest BCUT2D eigenvalue weighted by Gasteiger charge is -2.26. The normalized spacial score (nSPS) is 19.1. The first-order chi connectivity index (χ1) is 13.7. The Bertz CT molecular complexity index is 841. The number of carbonyl (C=O) groups is 1. The van der Waals surface area contributed by atoms with Crippen molar-refractivity contribution in [3.05, 3.63) is 47.1 Å². The molecule has 2 aromatic rings. The zero-order valence-corrected chi connectivity index (χ0v) is 16.0. The molecule has 1 atom stereocenters. The Balaban J connectivity index is 1.31. The van der Waals surface area contributed by atoms with E-state index in [0.29, 0.717) is 54.3 Å². The summed E-state index contributed by atoms with van der Waals surface area (Å²) in [4.78, 5) is 16.6. The van der Waals surface area contributed by atoms with Gasteiger partial charge < -0.3 is 24.3 Å². The number of hydrogen-bond acceptors (Lipinski definition) is 6. The van der Waals surface area contributed by atoms with Crippen LogP contribution in [0.3, 0.4) is 0 Å². The molecule has 1 N–H and O–H groups in total. The maximum absolute atomic E-state index is 12.4. The van der Waals surface area contributed by atoms with Gasteiger partial charge in [0.15, 0.2) is 11.5 Å². The Hall–Kier alpha value is -2.51. The molecule has 7 nitrogen and oxygen atoms in total. The van der Waals surface area contributed by atoms with Crippen LogP contribution in [0.5, 0.6) is 17.4 Å². The number of para-hydroxylation sites is 2. The fraction of sp³-hybridized carbons (Fsp3) is 0.400. The molecule has 1 unspecified atom stereocenters. The van der Waals surface area contributed by atoms with Crippen molar-refractivity contribution in [1.82, 2.24) is 10.3 Å². The van der Waals surface area contributed by atoms with Gasteiger partial charge in [-0.05, 0) is 18.2 Å². The summed E-state index contributed by atoms with van der Waals surface area (Å²) in [6, 6.07) is 9.01. The molecule has 148 valence electrons. The summed E-state index contributed by atoms with van der Waals surface area (Å²) >= 11 is 6.25. The van der Waals surface area contributed by atoms with Crippen LogP contribution in [0.15, 0.2) is 36.5 Å². The highest BCUT2D eigenvalue weighted by Gasteiger charge is 2.22. The van der Waals surface area contributed by atoms with Gasteiger partial charge in [-0.2, -0.15) is 0 Å². The second-order valence-electron chi connectivity index (χ2n) is 6.65. The first-order valence-electron chi connectivity index (χ1n) is 9.25. The van der Waals surface area contributed by atoms with Crippen LogP contribution in [0.25, 0.3) is 0 Å². The van der Waals surface area contributed by atoms with Crippen molar-refractivity contribution in [2.75, 3.05) is 26.4 Å². The minimum absolute atomic E-state index is 0.0322. The van der Waals surface area contributed by atoms with Gasteiger partial charge in [0.1, 0.15) is 23.8 Å². The first kappa shape index (κ1) is 18.8. The van der Waals surface area contributed by atoms with E-state index in [-0.39, 0.29) is 18.1 Å². The Morgan fingerprint density at radius 3 is 2.82 bits per heavy atom. The van der Waals surface area contributed by atoms with Crippen molar-refractivity contribution in [3.8, 4) is 17.4 Å². The predicted molar refractivity (Wildman–Crippen MR) is 102 cm³/mol. The van der Waals surface area contributed by atoms with Gasteiger partial charge >= 0.3 is 0 Å². The van der Waals surface area contributed by atoms with Crippen LogP contribution >= 0.6 is 11.6 Å². The van der Waals surface area contributed by atoms with Crippen LogP contribution in [0.2, 0.25) is 5.02 Å². The van der Waals surface area contributed by atoms with E-state index in [4.69, 9.17) is 30.5 Å². The summed E-state index contributed by atoms with van der Waals surface area (Å²) in [6.07, 6.45) is 2.83. The van der Waals surface area contributed by atoms with Gasteiger partial charge in [-0.25, -0.2) is 4.98 Å². The smallest absolute Gasteiger partial charge is 0.253 e. The van der Waals surface area contributed by atoms with Gasteiger partial charge in [0.25, 0.3) is 5.91 Å². The maximum atomic E-state index is 12.4. The van der Waals surface area contributed by atoms with Crippen LogP contribution in [-0.2, 0) is 4.74 Å². The molecule has 1 aromatic carbocycles. The summed E-state index contributed by atoms with van der Waals surface area (Å²) in [6.45, 7) is 2.01. The molecule has 0 bridgehead atoms. The Kier molecular flexibility index (Phi) is 5.83. The highest BCUT2D eigenvalue weighted by atomic mass is 35.5. The van der Waals surface area contributed by atoms with Crippen LogP contribution in [0.4, 0.5) is 0 Å². The van der Waals surface area contributed by atoms with E-state index >= 15 is 0 Å². The third-order valence-corrected chi connectivity index (χ3v) is 4.84. The number of pyridine rings is 1. The van der Waals surface area contributed by atoms with Crippen LogP contribution in [-0.4, -0.2) is 49.5 Å². The van der Waals surface area contributed by atoms with Crippen molar-refractivity contribution in [2.45, 2.75) is 25.0 Å². The number of halogens is 1. The zero-order chi connectivity index (χ0) is 19.3. The molecule has 8 heteroatoms. The molecule has 0 aliphatic carbocycles. The summed E-state index contributed by atoms with van der Waals surface area (Å²) in [5, 5.41) is 3.14. The molecule has 0 saturated carbocycles. The van der Waals surface area contributed by atoms with Gasteiger partial charge in [-0.15, -0.1) is 0 Å². The molecule has 28 heavy (non-hydrogen) atoms. The predicted octanol–water partition coefficient (Wildman–Crippen LogP) is 2.86.